The van der Waals surface area contributed by atoms with Crippen molar-refractivity contribution >= 4 is 23.2 Å². The highest BCUT2D eigenvalue weighted by Crippen LogP contribution is 2.15. The molecule has 2 rings (SSSR count). The Morgan fingerprint density at radius 1 is 0.727 bits per heavy atom. The van der Waals surface area contributed by atoms with Crippen LogP contribution in [0.5, 0.6) is 0 Å². The lowest BCUT2D eigenvalue weighted by Gasteiger charge is -2.09. The number of anilines is 2. The Balaban J connectivity index is 1.82. The average molecular weight is 296 g/mol. The highest BCUT2D eigenvalue weighted by atomic mass is 16.2. The van der Waals surface area contributed by atoms with Crippen LogP contribution in [0.15, 0.2) is 48.5 Å². The second-order valence-electron chi connectivity index (χ2n) is 5.23. The Labute approximate surface area is 130 Å². The van der Waals surface area contributed by atoms with E-state index in [9.17, 15) is 9.59 Å². The molecular formula is C18H20N2O2. The molecule has 0 aliphatic heterocycles. The molecule has 0 fully saturated rings. The van der Waals surface area contributed by atoms with Crippen LogP contribution in [-0.2, 0) is 9.59 Å². The molecule has 0 heterocycles. The van der Waals surface area contributed by atoms with E-state index in [2.05, 4.69) is 10.6 Å². The first-order chi connectivity index (χ1) is 10.6. The molecule has 0 aliphatic rings. The first-order valence-corrected chi connectivity index (χ1v) is 7.27. The summed E-state index contributed by atoms with van der Waals surface area (Å²) in [4.78, 5) is 23.8. The maximum Gasteiger partial charge on any atom is 0.224 e. The fourth-order valence-electron chi connectivity index (χ4n) is 2.08. The monoisotopic (exact) mass is 296 g/mol. The molecule has 0 aromatic heterocycles. The lowest BCUT2D eigenvalue weighted by atomic mass is 10.2. The van der Waals surface area contributed by atoms with Gasteiger partial charge in [0.05, 0.1) is 0 Å². The quantitative estimate of drug-likeness (QED) is 0.884. The fraction of sp³-hybridized carbons (Fsp3) is 0.222. The summed E-state index contributed by atoms with van der Waals surface area (Å²) in [6.07, 6.45) is 0.318. The van der Waals surface area contributed by atoms with Crippen molar-refractivity contribution in [3.05, 3.63) is 59.7 Å². The van der Waals surface area contributed by atoms with E-state index in [1.54, 1.807) is 0 Å². The summed E-state index contributed by atoms with van der Waals surface area (Å²) in [5, 5.41) is 5.64. The molecule has 0 bridgehead atoms. The van der Waals surface area contributed by atoms with E-state index in [1.807, 2.05) is 62.4 Å². The van der Waals surface area contributed by atoms with Crippen LogP contribution >= 0.6 is 0 Å². The molecule has 2 N–H and O–H groups in total. The first-order valence-electron chi connectivity index (χ1n) is 7.27. The zero-order chi connectivity index (χ0) is 15.9. The van der Waals surface area contributed by atoms with E-state index in [1.165, 1.54) is 0 Å². The van der Waals surface area contributed by atoms with Gasteiger partial charge in [0.2, 0.25) is 11.8 Å². The van der Waals surface area contributed by atoms with Crippen molar-refractivity contribution in [1.82, 2.24) is 0 Å². The summed E-state index contributed by atoms with van der Waals surface area (Å²) >= 11 is 0. The van der Waals surface area contributed by atoms with Crippen molar-refractivity contribution in [2.75, 3.05) is 10.6 Å². The molecule has 0 saturated heterocycles. The lowest BCUT2D eigenvalue weighted by Crippen LogP contribution is -2.18. The third kappa shape index (κ3) is 4.45. The number of amides is 2. The van der Waals surface area contributed by atoms with E-state index in [-0.39, 0.29) is 24.7 Å². The fourth-order valence-corrected chi connectivity index (χ4v) is 2.08. The van der Waals surface area contributed by atoms with E-state index in [0.29, 0.717) is 0 Å². The number of carbonyl (C=O) groups is 2. The van der Waals surface area contributed by atoms with Crippen molar-refractivity contribution in [2.45, 2.75) is 26.7 Å². The van der Waals surface area contributed by atoms with Gasteiger partial charge in [0.25, 0.3) is 0 Å². The van der Waals surface area contributed by atoms with Crippen molar-refractivity contribution in [3.63, 3.8) is 0 Å². The second-order valence-corrected chi connectivity index (χ2v) is 5.23. The van der Waals surface area contributed by atoms with Crippen LogP contribution in [0.3, 0.4) is 0 Å². The number of hydrogen-bond acceptors (Lipinski definition) is 2. The molecule has 0 spiro atoms. The molecule has 0 saturated carbocycles. The molecule has 114 valence electrons. The smallest absolute Gasteiger partial charge is 0.224 e. The van der Waals surface area contributed by atoms with Crippen LogP contribution < -0.4 is 10.6 Å². The number of aryl methyl sites for hydroxylation is 2. The molecular weight excluding hydrogens is 276 g/mol. The van der Waals surface area contributed by atoms with Crippen molar-refractivity contribution < 1.29 is 9.59 Å². The molecule has 0 atom stereocenters. The lowest BCUT2D eigenvalue weighted by molar-refractivity contribution is -0.121. The van der Waals surface area contributed by atoms with Gasteiger partial charge in [-0.2, -0.15) is 0 Å². The third-order valence-electron chi connectivity index (χ3n) is 3.42. The summed E-state index contributed by atoms with van der Waals surface area (Å²) in [5.41, 5.74) is 3.57. The minimum Gasteiger partial charge on any atom is -0.326 e. The number of rotatable bonds is 5. The van der Waals surface area contributed by atoms with Gasteiger partial charge in [-0.1, -0.05) is 36.4 Å². The molecule has 0 unspecified atom stereocenters. The van der Waals surface area contributed by atoms with Crippen LogP contribution in [0.25, 0.3) is 0 Å². The molecule has 4 heteroatoms. The van der Waals surface area contributed by atoms with Gasteiger partial charge in [-0.3, -0.25) is 9.59 Å². The summed E-state index contributed by atoms with van der Waals surface area (Å²) < 4.78 is 0. The molecule has 2 aromatic rings. The summed E-state index contributed by atoms with van der Waals surface area (Å²) in [6.45, 7) is 3.86. The largest absolute Gasteiger partial charge is 0.326 e. The van der Waals surface area contributed by atoms with Crippen LogP contribution in [-0.4, -0.2) is 11.8 Å². The number of para-hydroxylation sites is 2. The van der Waals surface area contributed by atoms with Crippen LogP contribution in [0, 0.1) is 13.8 Å². The minimum absolute atomic E-state index is 0.158. The number of hydrogen-bond donors (Lipinski definition) is 2. The first kappa shape index (κ1) is 15.8. The highest BCUT2D eigenvalue weighted by Gasteiger charge is 2.09. The summed E-state index contributed by atoms with van der Waals surface area (Å²) in [6, 6.07) is 15.1. The third-order valence-corrected chi connectivity index (χ3v) is 3.42. The zero-order valence-corrected chi connectivity index (χ0v) is 12.8. The van der Waals surface area contributed by atoms with E-state index >= 15 is 0 Å². The number of benzene rings is 2. The van der Waals surface area contributed by atoms with Crippen LogP contribution in [0.2, 0.25) is 0 Å². The standard InChI is InChI=1S/C18H20N2O2/c1-13-7-3-5-9-15(13)19-17(21)11-12-18(22)20-16-10-6-4-8-14(16)2/h3-10H,11-12H2,1-2H3,(H,19,21)(H,20,22). The van der Waals surface area contributed by atoms with Crippen molar-refractivity contribution in [2.24, 2.45) is 0 Å². The molecule has 2 aromatic carbocycles. The average Bonchev–Trinajstić information content (AvgIpc) is 2.50. The van der Waals surface area contributed by atoms with Gasteiger partial charge in [-0.15, -0.1) is 0 Å². The normalized spacial score (nSPS) is 10.1. The van der Waals surface area contributed by atoms with E-state index in [4.69, 9.17) is 0 Å². The molecule has 22 heavy (non-hydrogen) atoms. The van der Waals surface area contributed by atoms with Gasteiger partial charge in [0.1, 0.15) is 0 Å². The minimum atomic E-state index is -0.158. The Kier molecular flexibility index (Phi) is 5.31. The Bertz CT molecular complexity index is 621. The Morgan fingerprint density at radius 2 is 1.09 bits per heavy atom. The second kappa shape index (κ2) is 7.41. The van der Waals surface area contributed by atoms with E-state index in [0.717, 1.165) is 22.5 Å². The van der Waals surface area contributed by atoms with E-state index < -0.39 is 0 Å². The van der Waals surface area contributed by atoms with Crippen molar-refractivity contribution in [3.8, 4) is 0 Å². The highest BCUT2D eigenvalue weighted by molar-refractivity contribution is 5.97. The van der Waals surface area contributed by atoms with Crippen LogP contribution in [0.4, 0.5) is 11.4 Å². The Hall–Kier alpha value is -2.62. The van der Waals surface area contributed by atoms with Gasteiger partial charge >= 0.3 is 0 Å². The van der Waals surface area contributed by atoms with Gasteiger partial charge < -0.3 is 10.6 Å². The summed E-state index contributed by atoms with van der Waals surface area (Å²) in [7, 11) is 0. The Morgan fingerprint density at radius 3 is 1.45 bits per heavy atom. The van der Waals surface area contributed by atoms with Gasteiger partial charge in [-0.25, -0.2) is 0 Å². The predicted octanol–water partition coefficient (Wildman–Crippen LogP) is 3.66. The zero-order valence-electron chi connectivity index (χ0n) is 12.8. The molecule has 2 amide bonds. The predicted molar refractivity (Wildman–Crippen MR) is 88.9 cm³/mol. The van der Waals surface area contributed by atoms with Gasteiger partial charge in [0, 0.05) is 24.2 Å². The molecule has 4 nitrogen and oxygen atoms in total. The topological polar surface area (TPSA) is 58.2 Å². The maximum atomic E-state index is 11.9. The number of nitrogens with one attached hydrogen (secondary N) is 2. The number of carbonyl (C=O) groups excluding carboxylic acids is 2. The molecule has 0 aliphatic carbocycles. The summed E-state index contributed by atoms with van der Waals surface area (Å²) in [5.74, 6) is -0.316. The van der Waals surface area contributed by atoms with Gasteiger partial charge in [-0.05, 0) is 37.1 Å². The van der Waals surface area contributed by atoms with Crippen molar-refractivity contribution in [1.29, 1.82) is 0 Å². The van der Waals surface area contributed by atoms with Gasteiger partial charge in [0.15, 0.2) is 0 Å². The van der Waals surface area contributed by atoms with Crippen LogP contribution in [0.1, 0.15) is 24.0 Å². The maximum absolute atomic E-state index is 11.9. The molecule has 0 radical (unpaired) electrons. The SMILES string of the molecule is Cc1ccccc1NC(=O)CCC(=O)Nc1ccccc1C.